The van der Waals surface area contributed by atoms with Crippen molar-refractivity contribution in [2.24, 2.45) is 0 Å². The normalized spacial score (nSPS) is 18.8. The van der Waals surface area contributed by atoms with Gasteiger partial charge in [0.05, 0.1) is 18.6 Å². The van der Waals surface area contributed by atoms with Crippen molar-refractivity contribution >= 4 is 5.91 Å². The molecule has 0 bridgehead atoms. The van der Waals surface area contributed by atoms with Crippen LogP contribution >= 0.6 is 0 Å². The van der Waals surface area contributed by atoms with Crippen molar-refractivity contribution in [2.45, 2.75) is 37.4 Å². The summed E-state index contributed by atoms with van der Waals surface area (Å²) in [7, 11) is 0. The monoisotopic (exact) mass is 237 g/mol. The topological polar surface area (TPSA) is 49.3 Å². The first-order chi connectivity index (χ1) is 7.37. The van der Waals surface area contributed by atoms with E-state index in [1.807, 2.05) is 0 Å². The van der Waals surface area contributed by atoms with Crippen LogP contribution in [0.3, 0.4) is 0 Å². The fourth-order valence-corrected chi connectivity index (χ4v) is 1.59. The van der Waals surface area contributed by atoms with Crippen LogP contribution in [0.4, 0.5) is 13.2 Å². The summed E-state index contributed by atoms with van der Waals surface area (Å²) in [5, 5.41) is 11.6. The minimum absolute atomic E-state index is 0.266. The van der Waals surface area contributed by atoms with Crippen LogP contribution < -0.4 is 5.32 Å². The van der Waals surface area contributed by atoms with Gasteiger partial charge >= 0.3 is 6.18 Å². The molecule has 0 saturated heterocycles. The Bertz CT molecular complexity index is 278. The molecule has 1 aliphatic rings. The van der Waals surface area contributed by atoms with Gasteiger partial charge in [0, 0.05) is 6.42 Å². The molecule has 0 radical (unpaired) electrons. The summed E-state index contributed by atoms with van der Waals surface area (Å²) in [6.45, 7) is -0.266. The zero-order valence-electron chi connectivity index (χ0n) is 8.68. The number of alkyl halides is 3. The maximum absolute atomic E-state index is 11.9. The summed E-state index contributed by atoms with van der Waals surface area (Å²) in [5.41, 5.74) is -0.789. The number of aliphatic hydroxyl groups is 1. The van der Waals surface area contributed by atoms with Crippen molar-refractivity contribution in [3.63, 3.8) is 0 Å². The van der Waals surface area contributed by atoms with E-state index in [0.29, 0.717) is 12.8 Å². The summed E-state index contributed by atoms with van der Waals surface area (Å²) < 4.78 is 35.6. The fraction of sp³-hybridized carbons (Fsp3) is 0.700. The molecule has 0 fully saturated rings. The smallest absolute Gasteiger partial charge is 0.389 e. The number of carbonyl (C=O) groups is 1. The second-order valence-electron chi connectivity index (χ2n) is 3.98. The Morgan fingerprint density at radius 3 is 2.38 bits per heavy atom. The number of rotatable bonds is 4. The van der Waals surface area contributed by atoms with Crippen molar-refractivity contribution in [2.75, 3.05) is 6.61 Å². The van der Waals surface area contributed by atoms with Gasteiger partial charge < -0.3 is 10.4 Å². The molecule has 0 heterocycles. The Balaban J connectivity index is 2.39. The first-order valence-corrected chi connectivity index (χ1v) is 5.00. The first-order valence-electron chi connectivity index (χ1n) is 5.00. The van der Waals surface area contributed by atoms with E-state index in [9.17, 15) is 18.0 Å². The third-order valence-corrected chi connectivity index (χ3v) is 2.53. The van der Waals surface area contributed by atoms with E-state index in [1.165, 1.54) is 0 Å². The highest BCUT2D eigenvalue weighted by atomic mass is 19.4. The van der Waals surface area contributed by atoms with Gasteiger partial charge in [-0.25, -0.2) is 0 Å². The van der Waals surface area contributed by atoms with Gasteiger partial charge in [-0.15, -0.1) is 0 Å². The number of carbonyl (C=O) groups excluding carboxylic acids is 1. The summed E-state index contributed by atoms with van der Waals surface area (Å²) in [6, 6.07) is 0. The molecule has 0 atom stereocenters. The Morgan fingerprint density at radius 1 is 1.38 bits per heavy atom. The lowest BCUT2D eigenvalue weighted by Crippen LogP contribution is -2.49. The molecule has 0 aromatic rings. The van der Waals surface area contributed by atoms with Gasteiger partial charge in [0.2, 0.25) is 5.91 Å². The van der Waals surface area contributed by atoms with E-state index in [-0.39, 0.29) is 6.61 Å². The van der Waals surface area contributed by atoms with E-state index in [0.717, 1.165) is 0 Å². The highest BCUT2D eigenvalue weighted by molar-refractivity contribution is 5.77. The van der Waals surface area contributed by atoms with Crippen LogP contribution in [0.2, 0.25) is 0 Å². The van der Waals surface area contributed by atoms with Crippen molar-refractivity contribution in [3.05, 3.63) is 12.2 Å². The van der Waals surface area contributed by atoms with E-state index in [2.05, 4.69) is 5.32 Å². The molecule has 0 aromatic heterocycles. The van der Waals surface area contributed by atoms with Gasteiger partial charge in [-0.05, 0) is 12.8 Å². The average Bonchev–Trinajstić information content (AvgIpc) is 2.63. The van der Waals surface area contributed by atoms with Crippen molar-refractivity contribution < 1.29 is 23.1 Å². The molecule has 1 rings (SSSR count). The second-order valence-corrected chi connectivity index (χ2v) is 3.98. The molecule has 0 aromatic carbocycles. The molecular weight excluding hydrogens is 223 g/mol. The third kappa shape index (κ3) is 3.84. The molecule has 3 nitrogen and oxygen atoms in total. The van der Waals surface area contributed by atoms with Crippen LogP contribution in [0.5, 0.6) is 0 Å². The van der Waals surface area contributed by atoms with Gasteiger partial charge in [0.15, 0.2) is 0 Å². The van der Waals surface area contributed by atoms with Gasteiger partial charge in [-0.2, -0.15) is 13.2 Å². The van der Waals surface area contributed by atoms with Gasteiger partial charge in [-0.1, -0.05) is 12.2 Å². The highest BCUT2D eigenvalue weighted by Crippen LogP contribution is 2.25. The first kappa shape index (κ1) is 13.0. The summed E-state index contributed by atoms with van der Waals surface area (Å²) >= 11 is 0. The molecule has 92 valence electrons. The van der Waals surface area contributed by atoms with Gasteiger partial charge in [0.25, 0.3) is 0 Å². The van der Waals surface area contributed by atoms with E-state index >= 15 is 0 Å². The maximum Gasteiger partial charge on any atom is 0.389 e. The lowest BCUT2D eigenvalue weighted by molar-refractivity contribution is -0.145. The molecule has 0 saturated carbocycles. The zero-order valence-corrected chi connectivity index (χ0v) is 8.68. The van der Waals surface area contributed by atoms with Crippen molar-refractivity contribution in [1.82, 2.24) is 5.32 Å². The van der Waals surface area contributed by atoms with E-state index in [1.54, 1.807) is 12.2 Å². The molecule has 2 N–H and O–H groups in total. The number of hydrogen-bond donors (Lipinski definition) is 2. The van der Waals surface area contributed by atoms with Crippen LogP contribution in [0, 0.1) is 0 Å². The predicted molar refractivity (Wildman–Crippen MR) is 51.6 cm³/mol. The van der Waals surface area contributed by atoms with Crippen LogP contribution in [0.25, 0.3) is 0 Å². The quantitative estimate of drug-likeness (QED) is 0.728. The number of amides is 1. The fourth-order valence-electron chi connectivity index (χ4n) is 1.59. The number of aliphatic hydroxyl groups excluding tert-OH is 1. The number of nitrogens with one attached hydrogen (secondary N) is 1. The largest absolute Gasteiger partial charge is 0.394 e. The van der Waals surface area contributed by atoms with Gasteiger partial charge in [0.1, 0.15) is 0 Å². The molecular formula is C10H14F3NO2. The number of halogens is 3. The standard InChI is InChI=1S/C10H14F3NO2/c11-10(12,13)6-3-8(16)14-9(7-15)4-1-2-5-9/h1-2,15H,3-7H2,(H,14,16). The lowest BCUT2D eigenvalue weighted by atomic mass is 9.97. The second kappa shape index (κ2) is 4.86. The van der Waals surface area contributed by atoms with Crippen molar-refractivity contribution in [3.8, 4) is 0 Å². The molecule has 0 spiro atoms. The Morgan fingerprint density at radius 2 is 1.94 bits per heavy atom. The van der Waals surface area contributed by atoms with Crippen LogP contribution in [0.15, 0.2) is 12.2 Å². The Labute approximate surface area is 91.3 Å². The third-order valence-electron chi connectivity index (χ3n) is 2.53. The highest BCUT2D eigenvalue weighted by Gasteiger charge is 2.33. The zero-order chi connectivity index (χ0) is 12.2. The molecule has 16 heavy (non-hydrogen) atoms. The number of hydrogen-bond acceptors (Lipinski definition) is 2. The average molecular weight is 237 g/mol. The van der Waals surface area contributed by atoms with E-state index in [4.69, 9.17) is 5.11 Å². The van der Waals surface area contributed by atoms with Crippen LogP contribution in [-0.2, 0) is 4.79 Å². The molecule has 6 heteroatoms. The van der Waals surface area contributed by atoms with E-state index < -0.39 is 30.5 Å². The Hall–Kier alpha value is -1.04. The summed E-state index contributed by atoms with van der Waals surface area (Å²) in [4.78, 5) is 11.3. The SMILES string of the molecule is O=C(CCC(F)(F)F)NC1(CO)CC=CC1. The van der Waals surface area contributed by atoms with Crippen LogP contribution in [-0.4, -0.2) is 29.3 Å². The van der Waals surface area contributed by atoms with Gasteiger partial charge in [-0.3, -0.25) is 4.79 Å². The predicted octanol–water partition coefficient (Wildman–Crippen LogP) is 1.53. The maximum atomic E-state index is 11.9. The molecule has 0 unspecified atom stereocenters. The minimum Gasteiger partial charge on any atom is -0.394 e. The summed E-state index contributed by atoms with van der Waals surface area (Å²) in [5.74, 6) is -0.671. The minimum atomic E-state index is -4.32. The molecule has 1 aliphatic carbocycles. The van der Waals surface area contributed by atoms with Crippen molar-refractivity contribution in [1.29, 1.82) is 0 Å². The molecule has 1 amide bonds. The lowest BCUT2D eigenvalue weighted by Gasteiger charge is -2.28. The van der Waals surface area contributed by atoms with Crippen LogP contribution in [0.1, 0.15) is 25.7 Å². The molecule has 0 aliphatic heterocycles. The Kier molecular flexibility index (Phi) is 3.96. The summed E-state index contributed by atoms with van der Waals surface area (Å²) in [6.07, 6.45) is -1.54.